The van der Waals surface area contributed by atoms with Crippen LogP contribution in [0.2, 0.25) is 0 Å². The molecule has 0 spiro atoms. The fourth-order valence-electron chi connectivity index (χ4n) is 10.7. The highest BCUT2D eigenvalue weighted by molar-refractivity contribution is 6.05. The van der Waals surface area contributed by atoms with Crippen molar-refractivity contribution >= 4 is 32.7 Å². The van der Waals surface area contributed by atoms with Crippen molar-refractivity contribution in [2.24, 2.45) is 11.8 Å². The predicted molar refractivity (Wildman–Crippen MR) is 220 cm³/mol. The van der Waals surface area contributed by atoms with Crippen LogP contribution in [0.1, 0.15) is 34.1 Å². The highest BCUT2D eigenvalue weighted by atomic mass is 16.3. The molecule has 1 fully saturated rings. The second-order valence-corrected chi connectivity index (χ2v) is 15.2. The van der Waals surface area contributed by atoms with E-state index in [1.165, 1.54) is 76.5 Å². The van der Waals surface area contributed by atoms with E-state index in [0.717, 1.165) is 11.1 Å². The molecule has 2 heteroatoms. The lowest BCUT2D eigenvalue weighted by Gasteiger charge is -2.57. The van der Waals surface area contributed by atoms with Crippen molar-refractivity contribution in [3.05, 3.63) is 215 Å². The van der Waals surface area contributed by atoms with E-state index in [1.807, 2.05) is 0 Å². The molecule has 0 aliphatic heterocycles. The molecular weight excluding hydrogens is 657 g/mol. The van der Waals surface area contributed by atoms with Crippen LogP contribution in [0.5, 0.6) is 0 Å². The lowest BCUT2D eigenvalue weighted by atomic mass is 9.48. The summed E-state index contributed by atoms with van der Waals surface area (Å²) < 4.78 is 0. The Labute approximate surface area is 314 Å². The quantitative estimate of drug-likeness (QED) is 0.193. The molecule has 8 aromatic rings. The first-order valence-corrected chi connectivity index (χ1v) is 19.1. The number of benzene rings is 8. The fourth-order valence-corrected chi connectivity index (χ4v) is 10.7. The molecule has 0 saturated heterocycles. The van der Waals surface area contributed by atoms with E-state index in [2.05, 4.69) is 182 Å². The minimum Gasteiger partial charge on any atom is -0.390 e. The van der Waals surface area contributed by atoms with E-state index in [1.54, 1.807) is 0 Å². The van der Waals surface area contributed by atoms with Gasteiger partial charge in [-0.1, -0.05) is 182 Å². The van der Waals surface area contributed by atoms with Crippen molar-refractivity contribution in [1.29, 1.82) is 0 Å². The summed E-state index contributed by atoms with van der Waals surface area (Å²) in [5.74, 6) is -0.820. The molecule has 2 N–H and O–H groups in total. The Morgan fingerprint density at radius 1 is 0.315 bits per heavy atom. The summed E-state index contributed by atoms with van der Waals surface area (Å²) in [7, 11) is 0. The first-order chi connectivity index (χ1) is 26.7. The molecule has 0 radical (unpaired) electrons. The summed E-state index contributed by atoms with van der Waals surface area (Å²) in [6.07, 6.45) is -1.81. The van der Waals surface area contributed by atoms with Gasteiger partial charge in [0.05, 0.1) is 12.2 Å². The van der Waals surface area contributed by atoms with Crippen molar-refractivity contribution in [2.45, 2.75) is 24.0 Å². The molecule has 2 nitrogen and oxygen atoms in total. The fraction of sp³-hybridized carbons (Fsp3) is 0.115. The molecule has 2 bridgehead atoms. The average molecular weight is 695 g/mol. The van der Waals surface area contributed by atoms with E-state index in [-0.39, 0.29) is 23.7 Å². The van der Waals surface area contributed by atoms with Gasteiger partial charge >= 0.3 is 0 Å². The normalized spacial score (nSPS) is 22.6. The largest absolute Gasteiger partial charge is 0.390 e. The molecule has 6 atom stereocenters. The molecule has 0 aromatic heterocycles. The van der Waals surface area contributed by atoms with Gasteiger partial charge in [0.25, 0.3) is 0 Å². The summed E-state index contributed by atoms with van der Waals surface area (Å²) in [6, 6.07) is 65.6. The van der Waals surface area contributed by atoms with Crippen molar-refractivity contribution in [1.82, 2.24) is 0 Å². The maximum atomic E-state index is 12.3. The average Bonchev–Trinajstić information content (AvgIpc) is 3.24. The van der Waals surface area contributed by atoms with Crippen LogP contribution < -0.4 is 10.4 Å². The highest BCUT2D eigenvalue weighted by Crippen LogP contribution is 2.63. The van der Waals surface area contributed by atoms with Crippen molar-refractivity contribution in [2.75, 3.05) is 0 Å². The van der Waals surface area contributed by atoms with E-state index < -0.39 is 12.2 Å². The van der Waals surface area contributed by atoms with Crippen LogP contribution in [-0.2, 0) is 0 Å². The Morgan fingerprint density at radius 2 is 0.685 bits per heavy atom. The zero-order valence-corrected chi connectivity index (χ0v) is 29.7. The van der Waals surface area contributed by atoms with Crippen LogP contribution in [0.25, 0.3) is 54.9 Å². The van der Waals surface area contributed by atoms with Crippen LogP contribution in [0.15, 0.2) is 182 Å². The van der Waals surface area contributed by atoms with Gasteiger partial charge in [-0.2, -0.15) is 0 Å². The van der Waals surface area contributed by atoms with Crippen LogP contribution >= 0.6 is 0 Å². The van der Waals surface area contributed by atoms with Gasteiger partial charge < -0.3 is 10.2 Å². The third kappa shape index (κ3) is 4.48. The van der Waals surface area contributed by atoms with Crippen molar-refractivity contribution < 1.29 is 10.2 Å². The van der Waals surface area contributed by atoms with Gasteiger partial charge in [-0.15, -0.1) is 0 Å². The first kappa shape index (κ1) is 31.5. The lowest BCUT2D eigenvalue weighted by Crippen LogP contribution is -2.58. The minimum atomic E-state index is -0.904. The van der Waals surface area contributed by atoms with E-state index in [0.29, 0.717) is 0 Å². The summed E-state index contributed by atoms with van der Waals surface area (Å²) in [5, 5.41) is 31.8. The van der Waals surface area contributed by atoms with Crippen LogP contribution in [0, 0.1) is 11.8 Å². The summed E-state index contributed by atoms with van der Waals surface area (Å²) >= 11 is 0. The third-order valence-corrected chi connectivity index (χ3v) is 12.7. The first-order valence-electron chi connectivity index (χ1n) is 19.1. The molecule has 0 heterocycles. The number of rotatable bonds is 4. The van der Waals surface area contributed by atoms with Gasteiger partial charge in [0.15, 0.2) is 0 Å². The predicted octanol–water partition coefficient (Wildman–Crippen LogP) is 9.59. The Morgan fingerprint density at radius 3 is 1.13 bits per heavy atom. The molecule has 258 valence electrons. The van der Waals surface area contributed by atoms with Gasteiger partial charge in [0.2, 0.25) is 0 Å². The molecule has 4 aliphatic carbocycles. The van der Waals surface area contributed by atoms with Gasteiger partial charge in [0, 0.05) is 23.7 Å². The highest BCUT2D eigenvalue weighted by Gasteiger charge is 2.59. The molecule has 12 rings (SSSR count). The second-order valence-electron chi connectivity index (χ2n) is 15.2. The van der Waals surface area contributed by atoms with E-state index >= 15 is 0 Å². The Hall–Kier alpha value is -6.06. The Kier molecular flexibility index (Phi) is 7.14. The van der Waals surface area contributed by atoms with E-state index in [9.17, 15) is 10.2 Å². The number of aliphatic hydroxyl groups excluding tert-OH is 2. The Balaban J connectivity index is 1.34. The molecule has 54 heavy (non-hydrogen) atoms. The van der Waals surface area contributed by atoms with Crippen molar-refractivity contribution in [3.63, 3.8) is 0 Å². The van der Waals surface area contributed by atoms with E-state index in [4.69, 9.17) is 0 Å². The number of hydrogen-bond donors (Lipinski definition) is 2. The van der Waals surface area contributed by atoms with Crippen LogP contribution in [0.4, 0.5) is 0 Å². The second kappa shape index (κ2) is 12.2. The molecular formula is C52H38O2. The number of fused-ring (bicyclic) bond motifs is 4. The topological polar surface area (TPSA) is 40.5 Å². The van der Waals surface area contributed by atoms with Gasteiger partial charge in [0.1, 0.15) is 0 Å². The molecule has 1 saturated carbocycles. The smallest absolute Gasteiger partial charge is 0.0879 e. The Bertz CT molecular complexity index is 2690. The van der Waals surface area contributed by atoms with Gasteiger partial charge in [-0.05, 0) is 87.6 Å². The molecule has 8 aromatic carbocycles. The SMILES string of the molecule is OC1C(O)C2c3ccccc3C1C1C(c3ccc4ccccc4c3-c3ccccc3)=c3ccccc3=C(c3ccc4ccccc4c3-c3ccccc3)C12. The standard InChI is InChI=1S/C52H38O2/c53-51-47-39-25-13-14-26-40(39)48(52(51)54)50-46(42-30-28-32-16-8-10-22-36(32)44(42)34-19-5-2-6-20-34)38-24-12-11-23-37(38)45(49(47)50)41-29-27-31-15-7-9-21-35(31)43(41)33-17-3-1-4-18-33/h1-30,47-54H. The maximum absolute atomic E-state index is 12.3. The monoisotopic (exact) mass is 694 g/mol. The van der Waals surface area contributed by atoms with Gasteiger partial charge in [-0.25, -0.2) is 0 Å². The van der Waals surface area contributed by atoms with Crippen LogP contribution in [0.3, 0.4) is 0 Å². The summed E-state index contributed by atoms with van der Waals surface area (Å²) in [6.45, 7) is 0. The lowest BCUT2D eigenvalue weighted by molar-refractivity contribution is -0.0706. The third-order valence-electron chi connectivity index (χ3n) is 12.7. The number of aliphatic hydroxyl groups is 2. The molecule has 0 amide bonds. The zero-order valence-electron chi connectivity index (χ0n) is 29.7. The number of hydrogen-bond acceptors (Lipinski definition) is 2. The molecule has 6 unspecified atom stereocenters. The minimum absolute atomic E-state index is 0.105. The maximum Gasteiger partial charge on any atom is 0.0879 e. The van der Waals surface area contributed by atoms with Crippen LogP contribution in [-0.4, -0.2) is 22.4 Å². The molecule has 4 aliphatic rings. The summed E-state index contributed by atoms with van der Waals surface area (Å²) in [4.78, 5) is 0. The van der Waals surface area contributed by atoms with Crippen molar-refractivity contribution in [3.8, 4) is 22.3 Å². The van der Waals surface area contributed by atoms with Gasteiger partial charge in [-0.3, -0.25) is 0 Å². The zero-order chi connectivity index (χ0) is 35.9. The summed E-state index contributed by atoms with van der Waals surface area (Å²) in [5.41, 5.74) is 11.9.